The van der Waals surface area contributed by atoms with Gasteiger partial charge in [0.05, 0.1) is 0 Å². The molecule has 0 saturated heterocycles. The molecule has 0 saturated carbocycles. The second-order valence-corrected chi connectivity index (χ2v) is 5.90. The maximum Gasteiger partial charge on any atom is 0.194 e. The second kappa shape index (κ2) is 5.01. The second-order valence-electron chi connectivity index (χ2n) is 5.49. The molecule has 0 fully saturated rings. The van der Waals surface area contributed by atoms with Crippen molar-refractivity contribution in [2.45, 2.75) is 26.2 Å². The lowest BCUT2D eigenvalue weighted by Gasteiger charge is -2.19. The number of benzene rings is 1. The van der Waals surface area contributed by atoms with Crippen molar-refractivity contribution in [1.29, 1.82) is 0 Å². The quantitative estimate of drug-likeness (QED) is 0.619. The molecule has 0 aliphatic rings. The van der Waals surface area contributed by atoms with Gasteiger partial charge in [0, 0.05) is 16.7 Å². The summed E-state index contributed by atoms with van der Waals surface area (Å²) < 4.78 is 39.8. The molecule has 1 N–H and O–H groups in total. The first kappa shape index (κ1) is 14.7. The summed E-state index contributed by atoms with van der Waals surface area (Å²) in [5, 5.41) is 0. The monoisotopic (exact) mass is 298 g/mol. The number of hydrogen-bond donors (Lipinski definition) is 1. The van der Waals surface area contributed by atoms with Crippen LogP contribution in [0.3, 0.4) is 0 Å². The lowest BCUT2D eigenvalue weighted by Crippen LogP contribution is -2.14. The predicted molar refractivity (Wildman–Crippen MR) is 73.4 cm³/mol. The van der Waals surface area contributed by atoms with Gasteiger partial charge in [-0.25, -0.2) is 18.2 Å². The molecule has 0 atom stereocenters. The van der Waals surface area contributed by atoms with Gasteiger partial charge in [-0.3, -0.25) is 0 Å². The molecule has 0 unspecified atom stereocenters. The standard InChI is InChI=1S/C14H13F3N2S/c1-14(2,3)10-6-11(20)19-13(18-10)7-4-8(15)12(17)9(16)5-7/h4-6H,1-3H3,(H,18,19,20). The van der Waals surface area contributed by atoms with Crippen LogP contribution in [0.1, 0.15) is 26.5 Å². The number of halogens is 3. The summed E-state index contributed by atoms with van der Waals surface area (Å²) in [4.78, 5) is 7.01. The van der Waals surface area contributed by atoms with Crippen molar-refractivity contribution in [3.8, 4) is 11.4 Å². The largest absolute Gasteiger partial charge is 0.343 e. The van der Waals surface area contributed by atoms with E-state index in [1.165, 1.54) is 0 Å². The number of aromatic amines is 1. The minimum absolute atomic E-state index is 0.110. The Morgan fingerprint density at radius 2 is 1.60 bits per heavy atom. The number of nitrogens with one attached hydrogen (secondary N) is 1. The lowest BCUT2D eigenvalue weighted by atomic mass is 9.92. The fourth-order valence-electron chi connectivity index (χ4n) is 1.69. The first-order chi connectivity index (χ1) is 9.18. The molecule has 106 valence electrons. The summed E-state index contributed by atoms with van der Waals surface area (Å²) in [6.45, 7) is 5.88. The Bertz CT molecular complexity index is 694. The highest BCUT2D eigenvalue weighted by Gasteiger charge is 2.17. The third-order valence-electron chi connectivity index (χ3n) is 2.81. The number of nitrogens with zero attached hydrogens (tertiary/aromatic N) is 1. The Labute approximate surface area is 119 Å². The molecule has 0 aliphatic carbocycles. The van der Waals surface area contributed by atoms with Gasteiger partial charge < -0.3 is 4.98 Å². The van der Waals surface area contributed by atoms with Gasteiger partial charge in [0.2, 0.25) is 0 Å². The highest BCUT2D eigenvalue weighted by Crippen LogP contribution is 2.25. The Morgan fingerprint density at radius 1 is 1.05 bits per heavy atom. The van der Waals surface area contributed by atoms with Crippen molar-refractivity contribution in [3.05, 3.63) is 46.0 Å². The molecule has 6 heteroatoms. The van der Waals surface area contributed by atoms with Crippen LogP contribution < -0.4 is 0 Å². The van der Waals surface area contributed by atoms with Crippen molar-refractivity contribution in [2.75, 3.05) is 0 Å². The molecule has 2 rings (SSSR count). The van der Waals surface area contributed by atoms with Crippen LogP contribution >= 0.6 is 12.2 Å². The fraction of sp³-hybridized carbons (Fsp3) is 0.286. The molecule has 1 aromatic heterocycles. The van der Waals surface area contributed by atoms with E-state index in [0.29, 0.717) is 4.64 Å². The molecule has 2 aromatic rings. The van der Waals surface area contributed by atoms with Gasteiger partial charge in [-0.15, -0.1) is 0 Å². The summed E-state index contributed by atoms with van der Waals surface area (Å²) in [5.41, 5.74) is 0.652. The van der Waals surface area contributed by atoms with Gasteiger partial charge in [-0.1, -0.05) is 33.0 Å². The van der Waals surface area contributed by atoms with Crippen LogP contribution in [0.5, 0.6) is 0 Å². The third-order valence-corrected chi connectivity index (χ3v) is 3.02. The van der Waals surface area contributed by atoms with Crippen LogP contribution in [0.15, 0.2) is 18.2 Å². The number of rotatable bonds is 1. The van der Waals surface area contributed by atoms with E-state index >= 15 is 0 Å². The zero-order chi connectivity index (χ0) is 15.1. The zero-order valence-corrected chi connectivity index (χ0v) is 12.0. The van der Waals surface area contributed by atoms with Crippen molar-refractivity contribution >= 4 is 12.2 Å². The summed E-state index contributed by atoms with van der Waals surface area (Å²) in [5.74, 6) is -3.82. The summed E-state index contributed by atoms with van der Waals surface area (Å²) in [6.07, 6.45) is 0. The lowest BCUT2D eigenvalue weighted by molar-refractivity contribution is 0.447. The first-order valence-corrected chi connectivity index (χ1v) is 6.36. The number of aromatic nitrogens is 2. The zero-order valence-electron chi connectivity index (χ0n) is 11.2. The van der Waals surface area contributed by atoms with Gasteiger partial charge in [-0.05, 0) is 18.2 Å². The van der Waals surface area contributed by atoms with Gasteiger partial charge >= 0.3 is 0 Å². The molecule has 0 bridgehead atoms. The van der Waals surface area contributed by atoms with Crippen LogP contribution in [-0.4, -0.2) is 9.97 Å². The van der Waals surface area contributed by atoms with Crippen LogP contribution in [-0.2, 0) is 5.41 Å². The Balaban J connectivity index is 2.65. The highest BCUT2D eigenvalue weighted by molar-refractivity contribution is 7.71. The van der Waals surface area contributed by atoms with Gasteiger partial charge in [-0.2, -0.15) is 0 Å². The minimum atomic E-state index is -1.50. The minimum Gasteiger partial charge on any atom is -0.343 e. The van der Waals surface area contributed by atoms with E-state index in [2.05, 4.69) is 9.97 Å². The van der Waals surface area contributed by atoms with Crippen LogP contribution in [0, 0.1) is 22.1 Å². The molecule has 0 amide bonds. The maximum absolute atomic E-state index is 13.3. The van der Waals surface area contributed by atoms with E-state index in [4.69, 9.17) is 12.2 Å². The molecule has 0 radical (unpaired) electrons. The molecule has 20 heavy (non-hydrogen) atoms. The summed E-state index contributed by atoms with van der Waals surface area (Å²) in [6, 6.07) is 3.46. The molecule has 2 nitrogen and oxygen atoms in total. The van der Waals surface area contributed by atoms with Crippen molar-refractivity contribution in [2.24, 2.45) is 0 Å². The molecule has 0 aliphatic heterocycles. The first-order valence-electron chi connectivity index (χ1n) is 5.95. The average molecular weight is 298 g/mol. The molecule has 1 heterocycles. The highest BCUT2D eigenvalue weighted by atomic mass is 32.1. The SMILES string of the molecule is CC(C)(C)c1cc(=S)nc(-c2cc(F)c(F)c(F)c2)[nH]1. The molecular weight excluding hydrogens is 285 g/mol. The smallest absolute Gasteiger partial charge is 0.194 e. The predicted octanol–water partition coefficient (Wildman–Crippen LogP) is 4.52. The van der Waals surface area contributed by atoms with E-state index < -0.39 is 17.5 Å². The third kappa shape index (κ3) is 2.90. The average Bonchev–Trinajstić information content (AvgIpc) is 2.33. The fourth-order valence-corrected chi connectivity index (χ4v) is 1.90. The number of hydrogen-bond acceptors (Lipinski definition) is 2. The van der Waals surface area contributed by atoms with E-state index in [0.717, 1.165) is 17.8 Å². The Hall–Kier alpha value is -1.69. The maximum atomic E-state index is 13.3. The van der Waals surface area contributed by atoms with Gasteiger partial charge in [0.15, 0.2) is 17.5 Å². The molecule has 1 aromatic carbocycles. The Morgan fingerprint density at radius 3 is 2.10 bits per heavy atom. The summed E-state index contributed by atoms with van der Waals surface area (Å²) in [7, 11) is 0. The topological polar surface area (TPSA) is 28.7 Å². The summed E-state index contributed by atoms with van der Waals surface area (Å²) >= 11 is 5.05. The van der Waals surface area contributed by atoms with E-state index in [1.54, 1.807) is 6.07 Å². The molecular formula is C14H13F3N2S. The van der Waals surface area contributed by atoms with E-state index in [1.807, 2.05) is 20.8 Å². The number of H-pyrrole nitrogens is 1. The van der Waals surface area contributed by atoms with E-state index in [-0.39, 0.29) is 16.8 Å². The van der Waals surface area contributed by atoms with E-state index in [9.17, 15) is 13.2 Å². The van der Waals surface area contributed by atoms with Crippen molar-refractivity contribution < 1.29 is 13.2 Å². The van der Waals surface area contributed by atoms with Crippen molar-refractivity contribution in [1.82, 2.24) is 9.97 Å². The Kier molecular flexibility index (Phi) is 3.69. The van der Waals surface area contributed by atoms with Crippen molar-refractivity contribution in [3.63, 3.8) is 0 Å². The normalized spacial score (nSPS) is 11.7. The van der Waals surface area contributed by atoms with Gasteiger partial charge in [0.25, 0.3) is 0 Å². The van der Waals surface area contributed by atoms with Gasteiger partial charge in [0.1, 0.15) is 10.5 Å². The molecule has 0 spiro atoms. The van der Waals surface area contributed by atoms with Crippen LogP contribution in [0.4, 0.5) is 13.2 Å². The van der Waals surface area contributed by atoms with Crippen LogP contribution in [0.2, 0.25) is 0 Å². The van der Waals surface area contributed by atoms with Crippen LogP contribution in [0.25, 0.3) is 11.4 Å².